The second kappa shape index (κ2) is 7.15. The third-order valence-corrected chi connectivity index (χ3v) is 6.80. The summed E-state index contributed by atoms with van der Waals surface area (Å²) in [6.07, 6.45) is 1.52. The maximum absolute atomic E-state index is 12.4. The van der Waals surface area contributed by atoms with Gasteiger partial charge in [-0.1, -0.05) is 32.4 Å². The predicted molar refractivity (Wildman–Crippen MR) is 108 cm³/mol. The Hall–Kier alpha value is -1.68. The molecule has 0 fully saturated rings. The first-order valence-corrected chi connectivity index (χ1v) is 11.2. The van der Waals surface area contributed by atoms with Crippen molar-refractivity contribution in [2.24, 2.45) is 0 Å². The van der Waals surface area contributed by atoms with E-state index >= 15 is 0 Å². The minimum atomic E-state index is -3.79. The predicted octanol–water partition coefficient (Wildman–Crippen LogP) is 5.09. The largest absolute Gasteiger partial charge is 0.331 e. The van der Waals surface area contributed by atoms with Crippen LogP contribution in [0.2, 0.25) is 5.02 Å². The van der Waals surface area contributed by atoms with Crippen molar-refractivity contribution < 1.29 is 8.42 Å². The summed E-state index contributed by atoms with van der Waals surface area (Å²) >= 11 is 8.89. The molecule has 1 aromatic carbocycles. The minimum absolute atomic E-state index is 0.00515. The monoisotopic (exact) mass is 428 g/mol. The van der Waals surface area contributed by atoms with Crippen LogP contribution in [0.1, 0.15) is 26.5 Å². The molecule has 10 heteroatoms. The minimum Gasteiger partial charge on any atom is -0.331 e. The van der Waals surface area contributed by atoms with Gasteiger partial charge in [-0.05, 0) is 18.2 Å². The van der Waals surface area contributed by atoms with Gasteiger partial charge in [0.1, 0.15) is 4.90 Å². The third kappa shape index (κ3) is 4.35. The smallest absolute Gasteiger partial charge is 0.265 e. The van der Waals surface area contributed by atoms with Gasteiger partial charge < -0.3 is 5.32 Å². The molecule has 0 aliphatic rings. The normalized spacial score (nSPS) is 12.2. The van der Waals surface area contributed by atoms with Gasteiger partial charge >= 0.3 is 0 Å². The summed E-state index contributed by atoms with van der Waals surface area (Å²) in [5, 5.41) is 7.98. The van der Waals surface area contributed by atoms with Gasteiger partial charge in [-0.15, -0.1) is 22.7 Å². The average Bonchev–Trinajstić information content (AvgIpc) is 3.17. The van der Waals surface area contributed by atoms with Crippen molar-refractivity contribution in [2.75, 3.05) is 10.0 Å². The van der Waals surface area contributed by atoms with E-state index in [2.05, 4.69) is 40.8 Å². The number of benzene rings is 1. The molecule has 0 saturated heterocycles. The Morgan fingerprint density at radius 3 is 2.50 bits per heavy atom. The molecule has 0 radical (unpaired) electrons. The van der Waals surface area contributed by atoms with Crippen LogP contribution in [0.25, 0.3) is 0 Å². The Morgan fingerprint density at radius 2 is 1.92 bits per heavy atom. The molecule has 0 amide bonds. The Morgan fingerprint density at radius 1 is 1.15 bits per heavy atom. The van der Waals surface area contributed by atoms with Gasteiger partial charge in [0.05, 0.1) is 10.7 Å². The molecule has 0 unspecified atom stereocenters. The van der Waals surface area contributed by atoms with Crippen LogP contribution in [-0.4, -0.2) is 18.4 Å². The zero-order valence-corrected chi connectivity index (χ0v) is 17.5. The fourth-order valence-corrected chi connectivity index (χ4v) is 5.33. The van der Waals surface area contributed by atoms with Crippen molar-refractivity contribution in [3.8, 4) is 0 Å². The zero-order valence-electron chi connectivity index (χ0n) is 14.3. The molecule has 0 aliphatic heterocycles. The number of aromatic nitrogens is 2. The van der Waals surface area contributed by atoms with E-state index in [1.807, 2.05) is 5.38 Å². The van der Waals surface area contributed by atoms with Crippen LogP contribution in [0, 0.1) is 0 Å². The van der Waals surface area contributed by atoms with Gasteiger partial charge in [-0.3, -0.25) is 4.72 Å². The molecule has 3 aromatic rings. The average molecular weight is 429 g/mol. The van der Waals surface area contributed by atoms with Crippen molar-refractivity contribution in [3.05, 3.63) is 45.9 Å². The van der Waals surface area contributed by atoms with Crippen molar-refractivity contribution in [3.63, 3.8) is 0 Å². The van der Waals surface area contributed by atoms with Gasteiger partial charge in [-0.2, -0.15) is 0 Å². The lowest BCUT2D eigenvalue weighted by Crippen LogP contribution is -2.13. The van der Waals surface area contributed by atoms with E-state index in [-0.39, 0.29) is 15.3 Å². The van der Waals surface area contributed by atoms with Crippen molar-refractivity contribution >= 4 is 60.2 Å². The number of rotatable bonds is 5. The molecule has 3 rings (SSSR count). The first kappa shape index (κ1) is 19.1. The lowest BCUT2D eigenvalue weighted by Gasteiger charge is -2.14. The van der Waals surface area contributed by atoms with E-state index in [4.69, 9.17) is 11.6 Å². The highest BCUT2D eigenvalue weighted by atomic mass is 35.5. The molecule has 0 saturated carbocycles. The van der Waals surface area contributed by atoms with Crippen molar-refractivity contribution in [1.82, 2.24) is 9.97 Å². The number of thiazole rings is 2. The topological polar surface area (TPSA) is 84.0 Å². The number of hydrogen-bond donors (Lipinski definition) is 2. The summed E-state index contributed by atoms with van der Waals surface area (Å²) in [5.41, 5.74) is 1.62. The lowest BCUT2D eigenvalue weighted by atomic mass is 9.93. The number of nitrogens with one attached hydrogen (secondary N) is 2. The number of nitrogens with zero attached hydrogens (tertiary/aromatic N) is 2. The molecular formula is C16H17ClN4O2S3. The summed E-state index contributed by atoms with van der Waals surface area (Å²) < 4.78 is 27.3. The first-order valence-electron chi connectivity index (χ1n) is 7.60. The molecule has 0 spiro atoms. The van der Waals surface area contributed by atoms with Gasteiger partial charge in [0, 0.05) is 28.1 Å². The molecule has 138 valence electrons. The van der Waals surface area contributed by atoms with Gasteiger partial charge in [0.15, 0.2) is 10.3 Å². The lowest BCUT2D eigenvalue weighted by molar-refractivity contribution is 0.573. The van der Waals surface area contributed by atoms with Crippen LogP contribution in [0.15, 0.2) is 40.1 Å². The van der Waals surface area contributed by atoms with Crippen molar-refractivity contribution in [2.45, 2.75) is 31.1 Å². The maximum Gasteiger partial charge on any atom is 0.265 e. The molecule has 2 aromatic heterocycles. The molecule has 0 atom stereocenters. The Labute approximate surface area is 165 Å². The number of hydrogen-bond acceptors (Lipinski definition) is 7. The van der Waals surface area contributed by atoms with Gasteiger partial charge in [0.2, 0.25) is 0 Å². The number of anilines is 3. The molecule has 2 heterocycles. The quantitative estimate of drug-likeness (QED) is 0.590. The van der Waals surface area contributed by atoms with E-state index in [0.717, 1.165) is 10.8 Å². The maximum atomic E-state index is 12.4. The highest BCUT2D eigenvalue weighted by Gasteiger charge is 2.20. The van der Waals surface area contributed by atoms with Crippen LogP contribution >= 0.6 is 34.3 Å². The number of halogens is 1. The summed E-state index contributed by atoms with van der Waals surface area (Å²) in [7, 11) is -3.79. The molecule has 26 heavy (non-hydrogen) atoms. The molecular weight excluding hydrogens is 412 g/mol. The van der Waals surface area contributed by atoms with Crippen LogP contribution in [0.5, 0.6) is 0 Å². The Bertz CT molecular complexity index is 1010. The van der Waals surface area contributed by atoms with E-state index in [1.54, 1.807) is 17.5 Å². The Balaban J connectivity index is 1.80. The fourth-order valence-electron chi connectivity index (χ4n) is 2.04. The number of sulfonamides is 1. The standard InChI is InChI=1S/C16H17ClN4O2S3/c1-16(2,3)13-9-25-15(20-13)19-10-4-5-12(11(17)8-10)26(22,23)21-14-18-6-7-24-14/h4-9H,1-3H3,(H,18,21)(H,19,20). The van der Waals surface area contributed by atoms with Crippen LogP contribution < -0.4 is 10.0 Å². The van der Waals surface area contributed by atoms with E-state index in [1.165, 1.54) is 34.9 Å². The highest BCUT2D eigenvalue weighted by molar-refractivity contribution is 7.93. The molecule has 0 aliphatic carbocycles. The van der Waals surface area contributed by atoms with Crippen molar-refractivity contribution in [1.29, 1.82) is 0 Å². The van der Waals surface area contributed by atoms with Crippen LogP contribution in [0.3, 0.4) is 0 Å². The third-order valence-electron chi connectivity index (χ3n) is 3.40. The van der Waals surface area contributed by atoms with Gasteiger partial charge in [-0.25, -0.2) is 18.4 Å². The van der Waals surface area contributed by atoms with Crippen LogP contribution in [0.4, 0.5) is 16.0 Å². The molecule has 2 N–H and O–H groups in total. The SMILES string of the molecule is CC(C)(C)c1csc(Nc2ccc(S(=O)(=O)Nc3nccs3)c(Cl)c2)n1. The molecule has 0 bridgehead atoms. The molecule has 6 nitrogen and oxygen atoms in total. The van der Waals surface area contributed by atoms with E-state index in [0.29, 0.717) is 10.8 Å². The van der Waals surface area contributed by atoms with E-state index < -0.39 is 10.0 Å². The van der Waals surface area contributed by atoms with Gasteiger partial charge in [0.25, 0.3) is 10.0 Å². The Kier molecular flexibility index (Phi) is 5.25. The summed E-state index contributed by atoms with van der Waals surface area (Å²) in [5.74, 6) is 0. The summed E-state index contributed by atoms with van der Waals surface area (Å²) in [6.45, 7) is 6.29. The highest BCUT2D eigenvalue weighted by Crippen LogP contribution is 2.31. The second-order valence-electron chi connectivity index (χ2n) is 6.50. The summed E-state index contributed by atoms with van der Waals surface area (Å²) in [6, 6.07) is 4.68. The van der Waals surface area contributed by atoms with Crippen LogP contribution in [-0.2, 0) is 15.4 Å². The zero-order chi connectivity index (χ0) is 18.9. The summed E-state index contributed by atoms with van der Waals surface area (Å²) in [4.78, 5) is 8.47. The van der Waals surface area contributed by atoms with E-state index in [9.17, 15) is 8.42 Å². The fraction of sp³-hybridized carbons (Fsp3) is 0.250. The first-order chi connectivity index (χ1) is 12.1. The second-order valence-corrected chi connectivity index (χ2v) is 10.3.